The predicted octanol–water partition coefficient (Wildman–Crippen LogP) is 5.37. The maximum atomic E-state index is 12.6. The summed E-state index contributed by atoms with van der Waals surface area (Å²) in [7, 11) is 2.15. The van der Waals surface area contributed by atoms with Crippen LogP contribution in [0.25, 0.3) is 0 Å². The van der Waals surface area contributed by atoms with Crippen molar-refractivity contribution in [3.63, 3.8) is 0 Å². The molecule has 2 heterocycles. The van der Waals surface area contributed by atoms with Crippen LogP contribution in [-0.4, -0.2) is 53.0 Å². The van der Waals surface area contributed by atoms with Crippen LogP contribution in [-0.2, 0) is 4.79 Å². The van der Waals surface area contributed by atoms with Gasteiger partial charge >= 0.3 is 6.03 Å². The van der Waals surface area contributed by atoms with Crippen LogP contribution in [0.3, 0.4) is 0 Å². The Morgan fingerprint density at radius 2 is 1.63 bits per heavy atom. The summed E-state index contributed by atoms with van der Waals surface area (Å²) in [6, 6.07) is 14.5. The number of nitrogens with one attached hydrogen (secondary N) is 4. The van der Waals surface area contributed by atoms with E-state index in [1.54, 1.807) is 30.3 Å². The highest BCUT2D eigenvalue weighted by molar-refractivity contribution is 14.1. The van der Waals surface area contributed by atoms with Gasteiger partial charge in [0.15, 0.2) is 0 Å². The van der Waals surface area contributed by atoms with Crippen LogP contribution in [0.5, 0.6) is 11.6 Å². The van der Waals surface area contributed by atoms with Crippen molar-refractivity contribution in [2.24, 2.45) is 5.92 Å². The van der Waals surface area contributed by atoms with Gasteiger partial charge in [-0.05, 0) is 111 Å². The molecule has 1 aliphatic heterocycles. The molecule has 0 atom stereocenters. The van der Waals surface area contributed by atoms with Crippen LogP contribution in [0.2, 0.25) is 0 Å². The molecule has 2 aliphatic rings. The summed E-state index contributed by atoms with van der Waals surface area (Å²) in [6.45, 7) is 2.20. The molecule has 11 heteroatoms. The maximum absolute atomic E-state index is 12.6. The number of ether oxygens (including phenoxy) is 1. The molecule has 0 unspecified atom stereocenters. The molecule has 3 aromatic rings. The van der Waals surface area contributed by atoms with Crippen LogP contribution in [0.1, 0.15) is 25.7 Å². The lowest BCUT2D eigenvalue weighted by atomic mass is 10.1. The van der Waals surface area contributed by atoms with E-state index in [0.29, 0.717) is 34.9 Å². The molecule has 1 saturated carbocycles. The molecule has 1 saturated heterocycles. The van der Waals surface area contributed by atoms with Gasteiger partial charge in [0.2, 0.25) is 11.8 Å². The zero-order valence-electron chi connectivity index (χ0n) is 21.0. The third-order valence-corrected chi connectivity index (χ3v) is 7.37. The molecule has 198 valence electrons. The molecule has 5 rings (SSSR count). The smallest absolute Gasteiger partial charge is 0.323 e. The second kappa shape index (κ2) is 11.9. The number of aromatic nitrogens is 2. The normalized spacial score (nSPS) is 15.9. The minimum atomic E-state index is -0.336. The largest absolute Gasteiger partial charge is 0.439 e. The average molecular weight is 627 g/mol. The summed E-state index contributed by atoms with van der Waals surface area (Å²) in [4.78, 5) is 35.0. The number of hydrogen-bond donors (Lipinski definition) is 4. The molecule has 3 amide bonds. The van der Waals surface area contributed by atoms with Crippen molar-refractivity contribution in [3.05, 3.63) is 58.4 Å². The molecule has 0 spiro atoms. The van der Waals surface area contributed by atoms with Gasteiger partial charge < -0.3 is 30.9 Å². The average Bonchev–Trinajstić information content (AvgIpc) is 3.74. The SMILES string of the molecule is CN1CCC(Nc2ccc(NC(=O)Nc3ccc(Oc4cc(NC(=O)C5CC5)ncn4)cc3)cc2I)CC1. The Kier molecular flexibility index (Phi) is 8.23. The zero-order valence-corrected chi connectivity index (χ0v) is 23.2. The van der Waals surface area contributed by atoms with E-state index < -0.39 is 0 Å². The van der Waals surface area contributed by atoms with Crippen molar-refractivity contribution in [2.45, 2.75) is 31.7 Å². The van der Waals surface area contributed by atoms with Crippen LogP contribution >= 0.6 is 22.6 Å². The first-order chi connectivity index (χ1) is 18.4. The minimum Gasteiger partial charge on any atom is -0.439 e. The fourth-order valence-corrected chi connectivity index (χ4v) is 4.81. The number of rotatable bonds is 8. The molecule has 2 fully saturated rings. The second-order valence-electron chi connectivity index (χ2n) is 9.63. The fourth-order valence-electron chi connectivity index (χ4n) is 4.14. The van der Waals surface area contributed by atoms with Crippen molar-refractivity contribution in [2.75, 3.05) is 41.4 Å². The van der Waals surface area contributed by atoms with Gasteiger partial charge in [0, 0.05) is 38.7 Å². The number of amides is 3. The molecule has 0 radical (unpaired) electrons. The van der Waals surface area contributed by atoms with E-state index in [1.165, 1.54) is 6.33 Å². The number of halogens is 1. The molecular weight excluding hydrogens is 597 g/mol. The van der Waals surface area contributed by atoms with E-state index in [9.17, 15) is 9.59 Å². The topological polar surface area (TPSA) is 121 Å². The highest BCUT2D eigenvalue weighted by Gasteiger charge is 2.29. The molecule has 4 N–H and O–H groups in total. The molecule has 1 aliphatic carbocycles. The Bertz CT molecular complexity index is 1290. The van der Waals surface area contributed by atoms with E-state index >= 15 is 0 Å². The van der Waals surface area contributed by atoms with Crippen molar-refractivity contribution >= 4 is 57.4 Å². The number of likely N-dealkylation sites (tertiary alicyclic amines) is 1. The molecule has 10 nitrogen and oxygen atoms in total. The highest BCUT2D eigenvalue weighted by atomic mass is 127. The van der Waals surface area contributed by atoms with Crippen LogP contribution < -0.4 is 26.0 Å². The van der Waals surface area contributed by atoms with Crippen molar-refractivity contribution in [1.82, 2.24) is 14.9 Å². The first-order valence-electron chi connectivity index (χ1n) is 12.6. The summed E-state index contributed by atoms with van der Waals surface area (Å²) in [5, 5.41) is 12.1. The first kappa shape index (κ1) is 26.2. The maximum Gasteiger partial charge on any atom is 0.323 e. The van der Waals surface area contributed by atoms with E-state index in [4.69, 9.17) is 4.74 Å². The highest BCUT2D eigenvalue weighted by Crippen LogP contribution is 2.30. The molecule has 1 aromatic heterocycles. The number of carbonyl (C=O) groups excluding carboxylic acids is 2. The van der Waals surface area contributed by atoms with Crippen LogP contribution in [0.15, 0.2) is 54.9 Å². The van der Waals surface area contributed by atoms with Gasteiger partial charge in [-0.1, -0.05) is 0 Å². The van der Waals surface area contributed by atoms with Gasteiger partial charge in [0.25, 0.3) is 0 Å². The lowest BCUT2D eigenvalue weighted by Gasteiger charge is -2.30. The van der Waals surface area contributed by atoms with Crippen molar-refractivity contribution in [1.29, 1.82) is 0 Å². The Labute approximate surface area is 235 Å². The summed E-state index contributed by atoms with van der Waals surface area (Å²) >= 11 is 2.29. The van der Waals surface area contributed by atoms with Gasteiger partial charge in [-0.15, -0.1) is 0 Å². The quantitative estimate of drug-likeness (QED) is 0.248. The van der Waals surface area contributed by atoms with E-state index in [0.717, 1.165) is 48.0 Å². The van der Waals surface area contributed by atoms with E-state index in [-0.39, 0.29) is 17.9 Å². The monoisotopic (exact) mass is 627 g/mol. The second-order valence-corrected chi connectivity index (χ2v) is 10.8. The third-order valence-electron chi connectivity index (χ3n) is 6.48. The number of carbonyl (C=O) groups is 2. The van der Waals surface area contributed by atoms with Crippen LogP contribution in [0, 0.1) is 9.49 Å². The summed E-state index contributed by atoms with van der Waals surface area (Å²) < 4.78 is 6.83. The molecule has 0 bridgehead atoms. The Morgan fingerprint density at radius 3 is 2.34 bits per heavy atom. The van der Waals surface area contributed by atoms with Crippen molar-refractivity contribution < 1.29 is 14.3 Å². The number of piperidine rings is 1. The Hall–Kier alpha value is -3.45. The standard InChI is InChI=1S/C27H30IN7O3/c1-35-12-10-19(11-13-35)31-23-9-6-20(14-22(23)28)33-27(37)32-18-4-7-21(8-5-18)38-25-15-24(29-16-30-25)34-26(36)17-2-3-17/h4-9,14-17,19,31H,2-3,10-13H2,1H3,(H2,32,33,37)(H,29,30,34,36). The van der Waals surface area contributed by atoms with E-state index in [2.05, 4.69) is 65.8 Å². The summed E-state index contributed by atoms with van der Waals surface area (Å²) in [6.07, 6.45) is 5.42. The number of urea groups is 1. The van der Waals surface area contributed by atoms with Crippen molar-refractivity contribution in [3.8, 4) is 11.6 Å². The van der Waals surface area contributed by atoms with Gasteiger partial charge in [0.05, 0.1) is 0 Å². The molecular formula is C27H30IN7O3. The molecule has 38 heavy (non-hydrogen) atoms. The Balaban J connectivity index is 1.11. The van der Waals surface area contributed by atoms with Gasteiger partial charge in [-0.3, -0.25) is 4.79 Å². The summed E-state index contributed by atoms with van der Waals surface area (Å²) in [5.74, 6) is 1.31. The number of nitrogens with zero attached hydrogens (tertiary/aromatic N) is 3. The number of benzene rings is 2. The number of hydrogen-bond acceptors (Lipinski definition) is 7. The molecule has 2 aromatic carbocycles. The zero-order chi connectivity index (χ0) is 26.5. The van der Waals surface area contributed by atoms with Gasteiger partial charge in [0.1, 0.15) is 17.9 Å². The minimum absolute atomic E-state index is 0.0293. The Morgan fingerprint density at radius 1 is 0.921 bits per heavy atom. The third kappa shape index (κ3) is 7.32. The van der Waals surface area contributed by atoms with E-state index in [1.807, 2.05) is 18.2 Å². The predicted molar refractivity (Wildman–Crippen MR) is 156 cm³/mol. The first-order valence-corrected chi connectivity index (χ1v) is 13.7. The lowest BCUT2D eigenvalue weighted by molar-refractivity contribution is -0.117. The fraction of sp³-hybridized carbons (Fsp3) is 0.333. The lowest BCUT2D eigenvalue weighted by Crippen LogP contribution is -2.36. The van der Waals surface area contributed by atoms with Gasteiger partial charge in [-0.25, -0.2) is 14.8 Å². The van der Waals surface area contributed by atoms with Crippen LogP contribution in [0.4, 0.5) is 27.7 Å². The number of anilines is 4. The van der Waals surface area contributed by atoms with Gasteiger partial charge in [-0.2, -0.15) is 0 Å². The summed E-state index contributed by atoms with van der Waals surface area (Å²) in [5.41, 5.74) is 2.42.